The van der Waals surface area contributed by atoms with E-state index in [-0.39, 0.29) is 5.56 Å². The summed E-state index contributed by atoms with van der Waals surface area (Å²) < 4.78 is 2.09. The zero-order valence-corrected chi connectivity index (χ0v) is 16.9. The van der Waals surface area contributed by atoms with Crippen LogP contribution < -0.4 is 5.56 Å². The largest absolute Gasteiger partial charge is 0.323 e. The van der Waals surface area contributed by atoms with Gasteiger partial charge in [0.25, 0.3) is 5.56 Å². The van der Waals surface area contributed by atoms with E-state index >= 15 is 0 Å². The molecule has 0 saturated heterocycles. The zero-order chi connectivity index (χ0) is 19.1. The quantitative estimate of drug-likeness (QED) is 0.489. The van der Waals surface area contributed by atoms with Gasteiger partial charge in [-0.05, 0) is 85.3 Å². The van der Waals surface area contributed by atoms with E-state index in [9.17, 15) is 4.79 Å². The standard InChI is InChI=1S/C22H19N3OS2/c26-21-19-17-3-1-2-4-18(17)28-20(19)24-22(27)25(21)16-7-5-14(6-8-16)13-15-9-11-23-12-10-15/h5-12H,1-4,13H2,(H,24,27). The molecule has 3 heterocycles. The van der Waals surface area contributed by atoms with Crippen molar-refractivity contribution in [1.82, 2.24) is 14.5 Å². The molecule has 0 bridgehead atoms. The topological polar surface area (TPSA) is 50.7 Å². The normalized spacial score (nSPS) is 13.6. The van der Waals surface area contributed by atoms with Gasteiger partial charge < -0.3 is 4.98 Å². The number of hydrogen-bond acceptors (Lipinski definition) is 4. The molecule has 1 N–H and O–H groups in total. The number of H-pyrrole nitrogens is 1. The molecule has 4 nitrogen and oxygen atoms in total. The minimum Gasteiger partial charge on any atom is -0.323 e. The fraction of sp³-hybridized carbons (Fsp3) is 0.227. The minimum absolute atomic E-state index is 0.0000313. The highest BCUT2D eigenvalue weighted by Gasteiger charge is 2.20. The summed E-state index contributed by atoms with van der Waals surface area (Å²) in [6.45, 7) is 0. The average molecular weight is 406 g/mol. The first-order valence-electron chi connectivity index (χ1n) is 9.48. The Hall–Kier alpha value is -2.57. The van der Waals surface area contributed by atoms with Crippen molar-refractivity contribution in [1.29, 1.82) is 0 Å². The number of aryl methyl sites for hydroxylation is 2. The molecule has 4 aromatic rings. The predicted molar refractivity (Wildman–Crippen MR) is 116 cm³/mol. The van der Waals surface area contributed by atoms with Crippen molar-refractivity contribution in [3.63, 3.8) is 0 Å². The van der Waals surface area contributed by atoms with Crippen LogP contribution in [0.3, 0.4) is 0 Å². The summed E-state index contributed by atoms with van der Waals surface area (Å²) in [5.41, 5.74) is 4.43. The summed E-state index contributed by atoms with van der Waals surface area (Å²) in [4.78, 5) is 23.0. The first-order valence-corrected chi connectivity index (χ1v) is 10.7. The van der Waals surface area contributed by atoms with Gasteiger partial charge in [0.15, 0.2) is 4.77 Å². The van der Waals surface area contributed by atoms with Crippen molar-refractivity contribution >= 4 is 33.8 Å². The van der Waals surface area contributed by atoms with Gasteiger partial charge in [-0.1, -0.05) is 12.1 Å². The summed E-state index contributed by atoms with van der Waals surface area (Å²) in [5.74, 6) is 0. The first kappa shape index (κ1) is 17.5. The van der Waals surface area contributed by atoms with Crippen LogP contribution in [-0.4, -0.2) is 14.5 Å². The van der Waals surface area contributed by atoms with Crippen molar-refractivity contribution < 1.29 is 0 Å². The van der Waals surface area contributed by atoms with E-state index in [0.29, 0.717) is 4.77 Å². The minimum atomic E-state index is 0.0000313. The molecule has 6 heteroatoms. The van der Waals surface area contributed by atoms with Gasteiger partial charge in [-0.3, -0.25) is 14.3 Å². The maximum absolute atomic E-state index is 13.3. The van der Waals surface area contributed by atoms with Gasteiger partial charge in [0.05, 0.1) is 11.1 Å². The van der Waals surface area contributed by atoms with Gasteiger partial charge in [0.1, 0.15) is 4.83 Å². The number of thiophene rings is 1. The second-order valence-electron chi connectivity index (χ2n) is 7.18. The van der Waals surface area contributed by atoms with Gasteiger partial charge in [-0.2, -0.15) is 0 Å². The molecule has 1 aliphatic rings. The third-order valence-electron chi connectivity index (χ3n) is 5.36. The third kappa shape index (κ3) is 3.02. The molecule has 28 heavy (non-hydrogen) atoms. The molecule has 0 amide bonds. The summed E-state index contributed by atoms with van der Waals surface area (Å²) >= 11 is 7.23. The number of fused-ring (bicyclic) bond motifs is 3. The lowest BCUT2D eigenvalue weighted by molar-refractivity contribution is 0.699. The van der Waals surface area contributed by atoms with Crippen LogP contribution in [0, 0.1) is 4.77 Å². The molecule has 5 rings (SSSR count). The number of benzene rings is 1. The van der Waals surface area contributed by atoms with E-state index < -0.39 is 0 Å². The molecule has 1 aliphatic carbocycles. The van der Waals surface area contributed by atoms with E-state index in [2.05, 4.69) is 22.1 Å². The molecular weight excluding hydrogens is 386 g/mol. The van der Waals surface area contributed by atoms with Crippen molar-refractivity contribution in [2.24, 2.45) is 0 Å². The summed E-state index contributed by atoms with van der Waals surface area (Å²) in [6.07, 6.45) is 8.85. The van der Waals surface area contributed by atoms with Gasteiger partial charge >= 0.3 is 0 Å². The number of nitrogens with one attached hydrogen (secondary N) is 1. The Morgan fingerprint density at radius 1 is 1.04 bits per heavy atom. The Bertz CT molecular complexity index is 1270. The molecule has 0 atom stereocenters. The van der Waals surface area contributed by atoms with Crippen molar-refractivity contribution in [3.8, 4) is 5.69 Å². The highest BCUT2D eigenvalue weighted by Crippen LogP contribution is 2.33. The fourth-order valence-electron chi connectivity index (χ4n) is 3.97. The van der Waals surface area contributed by atoms with Crippen LogP contribution in [0.2, 0.25) is 0 Å². The van der Waals surface area contributed by atoms with Gasteiger partial charge in [0.2, 0.25) is 0 Å². The second kappa shape index (κ2) is 7.11. The van der Waals surface area contributed by atoms with E-state index in [1.54, 1.807) is 28.3 Å². The van der Waals surface area contributed by atoms with Gasteiger partial charge in [-0.25, -0.2) is 0 Å². The lowest BCUT2D eigenvalue weighted by Crippen LogP contribution is -2.21. The van der Waals surface area contributed by atoms with E-state index in [1.165, 1.54) is 28.0 Å². The van der Waals surface area contributed by atoms with Crippen LogP contribution in [-0.2, 0) is 19.3 Å². The lowest BCUT2D eigenvalue weighted by atomic mass is 9.97. The predicted octanol–water partition coefficient (Wildman–Crippen LogP) is 4.97. The summed E-state index contributed by atoms with van der Waals surface area (Å²) in [5, 5.41) is 0.828. The molecule has 3 aromatic heterocycles. The number of pyridine rings is 1. The SMILES string of the molecule is O=c1c2c3c(sc2[nH]c(=S)n1-c1ccc(Cc2ccncc2)cc1)CCCC3. The van der Waals surface area contributed by atoms with Crippen molar-refractivity contribution in [2.75, 3.05) is 0 Å². The summed E-state index contributed by atoms with van der Waals surface area (Å²) in [6, 6.07) is 12.1. The maximum atomic E-state index is 13.3. The smallest absolute Gasteiger partial charge is 0.267 e. The highest BCUT2D eigenvalue weighted by molar-refractivity contribution is 7.71. The molecule has 1 aromatic carbocycles. The Balaban J connectivity index is 1.57. The Morgan fingerprint density at radius 3 is 2.54 bits per heavy atom. The van der Waals surface area contributed by atoms with E-state index in [0.717, 1.165) is 41.6 Å². The number of aromatic nitrogens is 3. The van der Waals surface area contributed by atoms with Crippen molar-refractivity contribution in [2.45, 2.75) is 32.1 Å². The Kier molecular flexibility index (Phi) is 4.45. The lowest BCUT2D eigenvalue weighted by Gasteiger charge is -2.11. The Morgan fingerprint density at radius 2 is 1.75 bits per heavy atom. The van der Waals surface area contributed by atoms with E-state index in [1.807, 2.05) is 24.3 Å². The van der Waals surface area contributed by atoms with Crippen molar-refractivity contribution in [3.05, 3.63) is 85.5 Å². The number of aromatic amines is 1. The number of nitrogens with zero attached hydrogens (tertiary/aromatic N) is 2. The first-order chi connectivity index (χ1) is 13.7. The van der Waals surface area contributed by atoms with Gasteiger partial charge in [0, 0.05) is 17.3 Å². The average Bonchev–Trinajstić information content (AvgIpc) is 3.08. The van der Waals surface area contributed by atoms with Crippen LogP contribution in [0.25, 0.3) is 15.9 Å². The molecule has 0 radical (unpaired) electrons. The van der Waals surface area contributed by atoms with Crippen LogP contribution >= 0.6 is 23.6 Å². The van der Waals surface area contributed by atoms with E-state index in [4.69, 9.17) is 12.2 Å². The molecule has 0 saturated carbocycles. The summed E-state index contributed by atoms with van der Waals surface area (Å²) in [7, 11) is 0. The molecule has 0 unspecified atom stereocenters. The number of hydrogen-bond donors (Lipinski definition) is 1. The maximum Gasteiger partial charge on any atom is 0.267 e. The molecular formula is C22H19N3OS2. The monoisotopic (exact) mass is 405 g/mol. The fourth-order valence-corrected chi connectivity index (χ4v) is 5.61. The molecule has 140 valence electrons. The molecule has 0 aliphatic heterocycles. The zero-order valence-electron chi connectivity index (χ0n) is 15.3. The Labute approximate surface area is 171 Å². The molecule has 0 spiro atoms. The number of rotatable bonds is 3. The molecule has 0 fully saturated rings. The van der Waals surface area contributed by atoms with Gasteiger partial charge in [-0.15, -0.1) is 11.3 Å². The third-order valence-corrected chi connectivity index (χ3v) is 6.86. The van der Waals surface area contributed by atoms with Crippen LogP contribution in [0.15, 0.2) is 53.6 Å². The second-order valence-corrected chi connectivity index (χ2v) is 8.68. The van der Waals surface area contributed by atoms with Crippen LogP contribution in [0.5, 0.6) is 0 Å². The van der Waals surface area contributed by atoms with Crippen LogP contribution in [0.4, 0.5) is 0 Å². The van der Waals surface area contributed by atoms with Crippen LogP contribution in [0.1, 0.15) is 34.4 Å². The highest BCUT2D eigenvalue weighted by atomic mass is 32.1.